The fourth-order valence-electron chi connectivity index (χ4n) is 1.07. The molecule has 0 spiro atoms. The average molecular weight is 259 g/mol. The van der Waals surface area contributed by atoms with Gasteiger partial charge in [0.05, 0.1) is 6.61 Å². The molecule has 1 rings (SSSR count). The fraction of sp³-hybridized carbons (Fsp3) is 0.300. The first-order valence-electron chi connectivity index (χ1n) is 4.76. The highest BCUT2D eigenvalue weighted by molar-refractivity contribution is 8.13. The summed E-state index contributed by atoms with van der Waals surface area (Å²) in [7, 11) is 1.44. The maximum absolute atomic E-state index is 5.52. The molecule has 1 aromatic rings. The molecular formula is C10H14NO3PS. The standard InChI is InChI=1S/C10H14NO3PS/c1-3-13-15(16,14-9-11-12-2)10-7-5-4-6-8-10/h4-9H,3H2,1-2H3. The van der Waals surface area contributed by atoms with Gasteiger partial charge in [0.15, 0.2) is 0 Å². The summed E-state index contributed by atoms with van der Waals surface area (Å²) >= 11 is 5.40. The lowest BCUT2D eigenvalue weighted by molar-refractivity contribution is 0.208. The zero-order valence-electron chi connectivity index (χ0n) is 9.20. The van der Waals surface area contributed by atoms with Crippen LogP contribution >= 0.6 is 6.49 Å². The van der Waals surface area contributed by atoms with Crippen molar-refractivity contribution in [2.75, 3.05) is 13.7 Å². The lowest BCUT2D eigenvalue weighted by Gasteiger charge is -2.19. The Morgan fingerprint density at radius 2 is 2.06 bits per heavy atom. The van der Waals surface area contributed by atoms with Gasteiger partial charge in [0.2, 0.25) is 6.40 Å². The molecule has 4 nitrogen and oxygen atoms in total. The van der Waals surface area contributed by atoms with Crippen molar-refractivity contribution in [1.82, 2.24) is 0 Å². The van der Waals surface area contributed by atoms with E-state index in [-0.39, 0.29) is 0 Å². The summed E-state index contributed by atoms with van der Waals surface area (Å²) in [6.07, 6.45) is 1.18. The Kier molecular flexibility index (Phi) is 5.46. The van der Waals surface area contributed by atoms with E-state index in [4.69, 9.17) is 20.9 Å². The number of nitrogens with zero attached hydrogens (tertiary/aromatic N) is 1. The van der Waals surface area contributed by atoms with Gasteiger partial charge in [-0.1, -0.05) is 23.4 Å². The third-order valence-corrected chi connectivity index (χ3v) is 4.81. The van der Waals surface area contributed by atoms with Gasteiger partial charge < -0.3 is 13.9 Å². The second-order valence-corrected chi connectivity index (χ2v) is 6.17. The molecular weight excluding hydrogens is 245 g/mol. The van der Waals surface area contributed by atoms with Crippen molar-refractivity contribution in [2.24, 2.45) is 5.16 Å². The second kappa shape index (κ2) is 6.63. The molecule has 0 N–H and O–H groups in total. The van der Waals surface area contributed by atoms with Crippen LogP contribution in [0.25, 0.3) is 0 Å². The Balaban J connectivity index is 2.88. The van der Waals surface area contributed by atoms with E-state index in [2.05, 4.69) is 9.99 Å². The molecule has 0 saturated heterocycles. The van der Waals surface area contributed by atoms with Gasteiger partial charge in [-0.3, -0.25) is 0 Å². The van der Waals surface area contributed by atoms with Crippen molar-refractivity contribution in [3.8, 4) is 0 Å². The molecule has 0 aliphatic carbocycles. The van der Waals surface area contributed by atoms with E-state index in [1.54, 1.807) is 0 Å². The lowest BCUT2D eigenvalue weighted by atomic mass is 10.4. The molecule has 0 aliphatic rings. The van der Waals surface area contributed by atoms with E-state index in [1.165, 1.54) is 13.5 Å². The number of rotatable bonds is 6. The van der Waals surface area contributed by atoms with Crippen LogP contribution in [0, 0.1) is 0 Å². The first-order chi connectivity index (χ1) is 7.73. The molecule has 0 fully saturated rings. The van der Waals surface area contributed by atoms with E-state index in [0.717, 1.165) is 5.30 Å². The van der Waals surface area contributed by atoms with Crippen LogP contribution in [-0.2, 0) is 25.7 Å². The highest BCUT2D eigenvalue weighted by Gasteiger charge is 2.21. The molecule has 88 valence electrons. The van der Waals surface area contributed by atoms with Gasteiger partial charge in [0.25, 0.3) is 6.49 Å². The monoisotopic (exact) mass is 259 g/mol. The molecule has 0 bridgehead atoms. The van der Waals surface area contributed by atoms with Gasteiger partial charge in [-0.25, -0.2) is 0 Å². The zero-order valence-corrected chi connectivity index (χ0v) is 10.9. The Bertz CT molecular complexity index is 383. The minimum absolute atomic E-state index is 0.493. The Hall–Kier alpha value is -0.900. The van der Waals surface area contributed by atoms with Crippen molar-refractivity contribution in [3.05, 3.63) is 30.3 Å². The van der Waals surface area contributed by atoms with Gasteiger partial charge in [-0.2, -0.15) is 0 Å². The molecule has 0 radical (unpaired) electrons. The van der Waals surface area contributed by atoms with E-state index >= 15 is 0 Å². The van der Waals surface area contributed by atoms with Crippen LogP contribution in [0.4, 0.5) is 0 Å². The van der Waals surface area contributed by atoms with Gasteiger partial charge >= 0.3 is 0 Å². The third-order valence-electron chi connectivity index (χ3n) is 1.71. The molecule has 6 heteroatoms. The molecule has 1 atom stereocenters. The first-order valence-corrected chi connectivity index (χ1v) is 7.40. The van der Waals surface area contributed by atoms with Crippen LogP contribution < -0.4 is 5.30 Å². The van der Waals surface area contributed by atoms with E-state index in [0.29, 0.717) is 6.61 Å². The van der Waals surface area contributed by atoms with E-state index in [1.807, 2.05) is 37.3 Å². The summed E-state index contributed by atoms with van der Waals surface area (Å²) in [5.41, 5.74) is 0. The Morgan fingerprint density at radius 1 is 1.38 bits per heavy atom. The van der Waals surface area contributed by atoms with Gasteiger partial charge in [0.1, 0.15) is 7.11 Å². The number of hydrogen-bond donors (Lipinski definition) is 0. The smallest absolute Gasteiger partial charge is 0.270 e. The largest absolute Gasteiger partial charge is 0.425 e. The average Bonchev–Trinajstić information content (AvgIpc) is 2.31. The molecule has 0 amide bonds. The fourth-order valence-corrected chi connectivity index (χ4v) is 3.24. The maximum atomic E-state index is 5.52. The molecule has 0 aromatic heterocycles. The molecule has 16 heavy (non-hydrogen) atoms. The quantitative estimate of drug-likeness (QED) is 0.340. The summed E-state index contributed by atoms with van der Waals surface area (Å²) in [5, 5.41) is 4.35. The van der Waals surface area contributed by atoms with Crippen LogP contribution in [0.2, 0.25) is 0 Å². The maximum Gasteiger partial charge on any atom is 0.270 e. The summed E-state index contributed by atoms with van der Waals surface area (Å²) in [5.74, 6) is 0. The van der Waals surface area contributed by atoms with Crippen LogP contribution in [0.5, 0.6) is 0 Å². The second-order valence-electron chi connectivity index (χ2n) is 2.75. The highest BCUT2D eigenvalue weighted by Crippen LogP contribution is 2.46. The Labute approximate surface area is 100 Å². The SMILES string of the molecule is CCOP(=S)(OC=NOC)c1ccccc1. The predicted molar refractivity (Wildman–Crippen MR) is 68.6 cm³/mol. The van der Waals surface area contributed by atoms with Crippen molar-refractivity contribution in [2.45, 2.75) is 6.92 Å². The summed E-state index contributed by atoms with van der Waals surface area (Å²) in [6, 6.07) is 9.48. The Morgan fingerprint density at radius 3 is 2.62 bits per heavy atom. The summed E-state index contributed by atoms with van der Waals surface area (Å²) < 4.78 is 10.9. The topological polar surface area (TPSA) is 40.0 Å². The number of benzene rings is 1. The minimum Gasteiger partial charge on any atom is -0.425 e. The highest BCUT2D eigenvalue weighted by atomic mass is 32.5. The molecule has 0 saturated carbocycles. The number of hydrogen-bond acceptors (Lipinski definition) is 5. The van der Waals surface area contributed by atoms with Gasteiger partial charge in [0, 0.05) is 5.30 Å². The molecule has 1 aromatic carbocycles. The lowest BCUT2D eigenvalue weighted by Crippen LogP contribution is -2.09. The summed E-state index contributed by atoms with van der Waals surface area (Å²) in [4.78, 5) is 4.51. The minimum atomic E-state index is -2.50. The van der Waals surface area contributed by atoms with E-state index < -0.39 is 6.49 Å². The van der Waals surface area contributed by atoms with Crippen LogP contribution in [0.15, 0.2) is 35.5 Å². The van der Waals surface area contributed by atoms with Crippen molar-refractivity contribution < 1.29 is 13.9 Å². The number of oxime groups is 1. The molecule has 0 heterocycles. The van der Waals surface area contributed by atoms with Gasteiger partial charge in [-0.15, -0.1) is 0 Å². The van der Waals surface area contributed by atoms with Crippen LogP contribution in [0.3, 0.4) is 0 Å². The van der Waals surface area contributed by atoms with Crippen LogP contribution in [0.1, 0.15) is 6.92 Å². The summed E-state index contributed by atoms with van der Waals surface area (Å²) in [6.45, 7) is -0.129. The first kappa shape index (κ1) is 13.2. The normalized spacial score (nSPS) is 14.6. The molecule has 0 aliphatic heterocycles. The van der Waals surface area contributed by atoms with Crippen molar-refractivity contribution in [3.63, 3.8) is 0 Å². The zero-order chi connectivity index (χ0) is 11.9. The predicted octanol–water partition coefficient (Wildman–Crippen LogP) is 2.26. The molecule has 1 unspecified atom stereocenters. The third kappa shape index (κ3) is 3.59. The van der Waals surface area contributed by atoms with Gasteiger partial charge in [-0.05, 0) is 30.9 Å². The van der Waals surface area contributed by atoms with E-state index in [9.17, 15) is 0 Å². The van der Waals surface area contributed by atoms with Crippen molar-refractivity contribution >= 4 is 30.0 Å². The van der Waals surface area contributed by atoms with Crippen molar-refractivity contribution in [1.29, 1.82) is 0 Å². The van der Waals surface area contributed by atoms with Crippen LogP contribution in [-0.4, -0.2) is 20.1 Å².